The number of hydrogen-bond donors (Lipinski definition) is 0. The van der Waals surface area contributed by atoms with Crippen molar-refractivity contribution in [2.24, 2.45) is 0 Å². The van der Waals surface area contributed by atoms with Gasteiger partial charge in [0.1, 0.15) is 11.5 Å². The number of halogens is 4. The summed E-state index contributed by atoms with van der Waals surface area (Å²) in [6.07, 6.45) is -4.49. The van der Waals surface area contributed by atoms with Crippen LogP contribution < -0.4 is 4.74 Å². The topological polar surface area (TPSA) is 52.4 Å². The molecule has 4 nitrogen and oxygen atoms in total. The van der Waals surface area contributed by atoms with Gasteiger partial charge in [-0.15, -0.1) is 0 Å². The van der Waals surface area contributed by atoms with Crippen molar-refractivity contribution in [1.29, 1.82) is 0 Å². The summed E-state index contributed by atoms with van der Waals surface area (Å²) in [4.78, 5) is 9.92. The first kappa shape index (κ1) is 15.1. The number of nitrogens with zero attached hydrogens (tertiary/aromatic N) is 1. The molecule has 2 aromatic rings. The lowest BCUT2D eigenvalue weighted by Crippen LogP contribution is -2.04. The van der Waals surface area contributed by atoms with Gasteiger partial charge in [-0.05, 0) is 24.3 Å². The van der Waals surface area contributed by atoms with Crippen LogP contribution in [0.4, 0.5) is 18.9 Å². The average Bonchev–Trinajstić information content (AvgIpc) is 2.40. The molecule has 0 fully saturated rings. The van der Waals surface area contributed by atoms with E-state index in [1.165, 1.54) is 18.2 Å². The van der Waals surface area contributed by atoms with Gasteiger partial charge in [0.25, 0.3) is 5.69 Å². The molecule has 0 aliphatic heterocycles. The number of benzene rings is 2. The van der Waals surface area contributed by atoms with Crippen LogP contribution in [-0.2, 0) is 6.18 Å². The van der Waals surface area contributed by atoms with E-state index in [0.29, 0.717) is 0 Å². The fourth-order valence-corrected chi connectivity index (χ4v) is 1.76. The molecule has 0 aliphatic carbocycles. The molecule has 0 bridgehead atoms. The maximum atomic E-state index is 12.6. The number of nitro groups is 1. The standard InChI is InChI=1S/C13H7ClF3NO3/c14-11-7-9(18(19)20)4-5-12(11)21-10-3-1-2-8(6-10)13(15,16)17/h1-7H. The Morgan fingerprint density at radius 2 is 1.86 bits per heavy atom. The molecule has 8 heteroatoms. The first-order chi connectivity index (χ1) is 9.77. The van der Waals surface area contributed by atoms with Crippen molar-refractivity contribution in [3.63, 3.8) is 0 Å². The molecule has 0 amide bonds. The minimum atomic E-state index is -4.49. The van der Waals surface area contributed by atoms with E-state index in [4.69, 9.17) is 16.3 Å². The average molecular weight is 318 g/mol. The maximum absolute atomic E-state index is 12.6. The van der Waals surface area contributed by atoms with Gasteiger partial charge in [0.05, 0.1) is 15.5 Å². The van der Waals surface area contributed by atoms with E-state index in [-0.39, 0.29) is 22.2 Å². The largest absolute Gasteiger partial charge is 0.456 e. The Labute approximate surface area is 121 Å². The molecule has 0 N–H and O–H groups in total. The van der Waals surface area contributed by atoms with E-state index >= 15 is 0 Å². The van der Waals surface area contributed by atoms with Gasteiger partial charge in [-0.2, -0.15) is 13.2 Å². The van der Waals surface area contributed by atoms with Gasteiger partial charge < -0.3 is 4.74 Å². The highest BCUT2D eigenvalue weighted by Gasteiger charge is 2.30. The van der Waals surface area contributed by atoms with Gasteiger partial charge in [-0.3, -0.25) is 10.1 Å². The summed E-state index contributed by atoms with van der Waals surface area (Å²) in [5.74, 6) is -0.0397. The summed E-state index contributed by atoms with van der Waals surface area (Å²) in [5.41, 5.74) is -1.10. The Hall–Kier alpha value is -2.28. The molecule has 0 saturated heterocycles. The first-order valence-corrected chi connectivity index (χ1v) is 5.94. The van der Waals surface area contributed by atoms with Crippen LogP contribution in [0.1, 0.15) is 5.56 Å². The number of nitro benzene ring substituents is 1. The first-order valence-electron chi connectivity index (χ1n) is 5.56. The van der Waals surface area contributed by atoms with Crippen molar-refractivity contribution in [2.45, 2.75) is 6.18 Å². The summed E-state index contributed by atoms with van der Waals surface area (Å²) < 4.78 is 42.9. The number of rotatable bonds is 3. The summed E-state index contributed by atoms with van der Waals surface area (Å²) in [6.45, 7) is 0. The van der Waals surface area contributed by atoms with Crippen LogP contribution in [0.3, 0.4) is 0 Å². The predicted molar refractivity (Wildman–Crippen MR) is 69.6 cm³/mol. The quantitative estimate of drug-likeness (QED) is 0.587. The van der Waals surface area contributed by atoms with Crippen molar-refractivity contribution in [2.75, 3.05) is 0 Å². The molecular weight excluding hydrogens is 311 g/mol. The third kappa shape index (κ3) is 3.63. The normalized spacial score (nSPS) is 11.2. The molecule has 0 unspecified atom stereocenters. The van der Waals surface area contributed by atoms with Crippen molar-refractivity contribution >= 4 is 17.3 Å². The molecule has 110 valence electrons. The maximum Gasteiger partial charge on any atom is 0.416 e. The van der Waals surface area contributed by atoms with E-state index in [0.717, 1.165) is 24.3 Å². The molecule has 0 atom stereocenters. The smallest absolute Gasteiger partial charge is 0.416 e. The Bertz CT molecular complexity index is 689. The van der Waals surface area contributed by atoms with Gasteiger partial charge in [-0.1, -0.05) is 17.7 Å². The third-order valence-corrected chi connectivity index (χ3v) is 2.81. The van der Waals surface area contributed by atoms with Crippen LogP contribution in [0.2, 0.25) is 5.02 Å². The molecular formula is C13H7ClF3NO3. The lowest BCUT2D eigenvalue weighted by atomic mass is 10.2. The molecule has 2 rings (SSSR count). The molecule has 2 aromatic carbocycles. The number of alkyl halides is 3. The van der Waals surface area contributed by atoms with Crippen molar-refractivity contribution in [1.82, 2.24) is 0 Å². The van der Waals surface area contributed by atoms with Gasteiger partial charge in [0.15, 0.2) is 0 Å². The summed E-state index contributed by atoms with van der Waals surface area (Å²) in [5, 5.41) is 10.5. The van der Waals surface area contributed by atoms with E-state index in [9.17, 15) is 23.3 Å². The fourth-order valence-electron chi connectivity index (χ4n) is 1.55. The third-order valence-electron chi connectivity index (χ3n) is 2.52. The molecule has 0 radical (unpaired) electrons. The van der Waals surface area contributed by atoms with E-state index in [1.807, 2.05) is 0 Å². The summed E-state index contributed by atoms with van der Waals surface area (Å²) >= 11 is 5.80. The minimum Gasteiger partial charge on any atom is -0.456 e. The zero-order valence-electron chi connectivity index (χ0n) is 10.2. The van der Waals surface area contributed by atoms with Crippen molar-refractivity contribution < 1.29 is 22.8 Å². The Morgan fingerprint density at radius 1 is 1.14 bits per heavy atom. The monoisotopic (exact) mass is 317 g/mol. The Kier molecular flexibility index (Phi) is 4.04. The number of non-ortho nitro benzene ring substituents is 1. The van der Waals surface area contributed by atoms with Crippen molar-refractivity contribution in [3.05, 3.63) is 63.2 Å². The van der Waals surface area contributed by atoms with Gasteiger partial charge in [0, 0.05) is 12.1 Å². The van der Waals surface area contributed by atoms with Gasteiger partial charge in [-0.25, -0.2) is 0 Å². The Morgan fingerprint density at radius 3 is 2.43 bits per heavy atom. The minimum absolute atomic E-state index is 0.0293. The molecule has 0 aromatic heterocycles. The molecule has 0 saturated carbocycles. The number of hydrogen-bond acceptors (Lipinski definition) is 3. The molecule has 0 spiro atoms. The highest BCUT2D eigenvalue weighted by Crippen LogP contribution is 2.35. The van der Waals surface area contributed by atoms with Crippen LogP contribution in [0.5, 0.6) is 11.5 Å². The number of ether oxygens (including phenoxy) is 1. The predicted octanol–water partition coefficient (Wildman–Crippen LogP) is 5.06. The van der Waals surface area contributed by atoms with E-state index in [1.54, 1.807) is 0 Å². The van der Waals surface area contributed by atoms with Gasteiger partial charge in [0.2, 0.25) is 0 Å². The highest BCUT2D eigenvalue weighted by molar-refractivity contribution is 6.32. The SMILES string of the molecule is O=[N+]([O-])c1ccc(Oc2cccc(C(F)(F)F)c2)c(Cl)c1. The second kappa shape index (κ2) is 5.61. The lowest BCUT2D eigenvalue weighted by molar-refractivity contribution is -0.384. The van der Waals surface area contributed by atoms with Crippen LogP contribution in [0.25, 0.3) is 0 Å². The van der Waals surface area contributed by atoms with E-state index < -0.39 is 16.7 Å². The zero-order valence-corrected chi connectivity index (χ0v) is 11.0. The van der Waals surface area contributed by atoms with Crippen LogP contribution in [0.15, 0.2) is 42.5 Å². The second-order valence-electron chi connectivity index (χ2n) is 4.00. The highest BCUT2D eigenvalue weighted by atomic mass is 35.5. The van der Waals surface area contributed by atoms with Gasteiger partial charge >= 0.3 is 6.18 Å². The summed E-state index contributed by atoms with van der Waals surface area (Å²) in [7, 11) is 0. The molecule has 0 aliphatic rings. The lowest BCUT2D eigenvalue weighted by Gasteiger charge is -2.10. The summed E-state index contributed by atoms with van der Waals surface area (Å²) in [6, 6.07) is 7.67. The molecule has 0 heterocycles. The second-order valence-corrected chi connectivity index (χ2v) is 4.41. The van der Waals surface area contributed by atoms with E-state index in [2.05, 4.69) is 0 Å². The van der Waals surface area contributed by atoms with Crippen LogP contribution in [-0.4, -0.2) is 4.92 Å². The van der Waals surface area contributed by atoms with Crippen LogP contribution in [0, 0.1) is 10.1 Å². The van der Waals surface area contributed by atoms with Crippen LogP contribution >= 0.6 is 11.6 Å². The van der Waals surface area contributed by atoms with Crippen molar-refractivity contribution in [3.8, 4) is 11.5 Å². The molecule has 21 heavy (non-hydrogen) atoms. The zero-order chi connectivity index (χ0) is 15.6. The Balaban J connectivity index is 2.28. The fraction of sp³-hybridized carbons (Fsp3) is 0.0769.